The summed E-state index contributed by atoms with van der Waals surface area (Å²) in [6.45, 7) is 5.81. The average Bonchev–Trinajstić information content (AvgIpc) is 2.45. The van der Waals surface area contributed by atoms with Crippen molar-refractivity contribution in [2.75, 3.05) is 0 Å². The number of pyridine rings is 1. The first-order valence-electron chi connectivity index (χ1n) is 7.32. The largest absolute Gasteiger partial charge is 0.351 e. The lowest BCUT2D eigenvalue weighted by Crippen LogP contribution is -2.43. The highest BCUT2D eigenvalue weighted by Gasteiger charge is 2.25. The second-order valence-electron chi connectivity index (χ2n) is 6.37. The zero-order valence-corrected chi connectivity index (χ0v) is 13.1. The summed E-state index contributed by atoms with van der Waals surface area (Å²) in [6, 6.07) is 11.7. The van der Waals surface area contributed by atoms with Crippen molar-refractivity contribution in [1.82, 2.24) is 10.3 Å². The van der Waals surface area contributed by atoms with Crippen molar-refractivity contribution in [2.45, 2.75) is 38.6 Å². The van der Waals surface area contributed by atoms with E-state index in [1.165, 1.54) is 12.1 Å². The molecule has 0 aliphatic heterocycles. The quantitative estimate of drug-likeness (QED) is 0.939. The van der Waals surface area contributed by atoms with Crippen molar-refractivity contribution in [3.63, 3.8) is 0 Å². The van der Waals surface area contributed by atoms with Gasteiger partial charge < -0.3 is 5.32 Å². The standard InChI is InChI=1S/C18H21FN2O/c1-18(2,3)21-17(22)16(12-15-6-4-5-11-20-15)13-7-9-14(19)10-8-13/h4-11,16H,12H2,1-3H3,(H,21,22). The third kappa shape index (κ3) is 4.65. The van der Waals surface area contributed by atoms with Crippen LogP contribution in [-0.2, 0) is 11.2 Å². The number of aromatic nitrogens is 1. The van der Waals surface area contributed by atoms with Crippen molar-refractivity contribution >= 4 is 5.91 Å². The molecule has 0 bridgehead atoms. The number of benzene rings is 1. The fraction of sp³-hybridized carbons (Fsp3) is 0.333. The van der Waals surface area contributed by atoms with Crippen LogP contribution in [0, 0.1) is 5.82 Å². The second kappa shape index (κ2) is 6.69. The minimum atomic E-state index is -0.394. The molecule has 0 spiro atoms. The molecule has 0 radical (unpaired) electrons. The van der Waals surface area contributed by atoms with Crippen LogP contribution in [0.4, 0.5) is 4.39 Å². The van der Waals surface area contributed by atoms with E-state index in [1.807, 2.05) is 39.0 Å². The van der Waals surface area contributed by atoms with Crippen LogP contribution < -0.4 is 5.32 Å². The van der Waals surface area contributed by atoms with Gasteiger partial charge in [-0.05, 0) is 50.6 Å². The van der Waals surface area contributed by atoms with E-state index < -0.39 is 5.92 Å². The average molecular weight is 300 g/mol. The SMILES string of the molecule is CC(C)(C)NC(=O)C(Cc1ccccn1)c1ccc(F)cc1. The maximum absolute atomic E-state index is 13.1. The van der Waals surface area contributed by atoms with Gasteiger partial charge in [0.25, 0.3) is 0 Å². The summed E-state index contributed by atoms with van der Waals surface area (Å²) in [4.78, 5) is 16.9. The van der Waals surface area contributed by atoms with Gasteiger partial charge in [-0.25, -0.2) is 4.39 Å². The molecule has 1 aromatic heterocycles. The number of nitrogens with zero attached hydrogens (tertiary/aromatic N) is 1. The van der Waals surface area contributed by atoms with Crippen LogP contribution in [0.1, 0.15) is 37.9 Å². The fourth-order valence-corrected chi connectivity index (χ4v) is 2.24. The van der Waals surface area contributed by atoms with E-state index >= 15 is 0 Å². The number of carbonyl (C=O) groups excluding carboxylic acids is 1. The van der Waals surface area contributed by atoms with Gasteiger partial charge in [-0.2, -0.15) is 0 Å². The van der Waals surface area contributed by atoms with Gasteiger partial charge in [-0.15, -0.1) is 0 Å². The molecule has 1 unspecified atom stereocenters. The molecular weight excluding hydrogens is 279 g/mol. The number of carbonyl (C=O) groups is 1. The summed E-state index contributed by atoms with van der Waals surface area (Å²) in [6.07, 6.45) is 2.19. The summed E-state index contributed by atoms with van der Waals surface area (Å²) < 4.78 is 13.1. The molecule has 0 saturated heterocycles. The summed E-state index contributed by atoms with van der Waals surface area (Å²) >= 11 is 0. The molecule has 0 aliphatic rings. The molecule has 22 heavy (non-hydrogen) atoms. The molecule has 0 fully saturated rings. The van der Waals surface area contributed by atoms with Crippen LogP contribution in [0.3, 0.4) is 0 Å². The zero-order chi connectivity index (χ0) is 16.2. The van der Waals surface area contributed by atoms with Gasteiger partial charge in [0.1, 0.15) is 5.82 Å². The highest BCUT2D eigenvalue weighted by molar-refractivity contribution is 5.84. The van der Waals surface area contributed by atoms with Crippen LogP contribution in [-0.4, -0.2) is 16.4 Å². The first-order chi connectivity index (χ1) is 10.3. The Labute approximate surface area is 130 Å². The Balaban J connectivity index is 2.27. The van der Waals surface area contributed by atoms with E-state index in [0.29, 0.717) is 6.42 Å². The highest BCUT2D eigenvalue weighted by Crippen LogP contribution is 2.22. The molecule has 4 heteroatoms. The van der Waals surface area contributed by atoms with Gasteiger partial charge in [0.05, 0.1) is 5.92 Å². The Hall–Kier alpha value is -2.23. The summed E-state index contributed by atoms with van der Waals surface area (Å²) in [5.74, 6) is -0.781. The lowest BCUT2D eigenvalue weighted by molar-refractivity contribution is -0.124. The first-order valence-corrected chi connectivity index (χ1v) is 7.32. The molecule has 1 N–H and O–H groups in total. The van der Waals surface area contributed by atoms with Crippen molar-refractivity contribution in [3.05, 3.63) is 65.7 Å². The maximum atomic E-state index is 13.1. The Morgan fingerprint density at radius 2 is 1.86 bits per heavy atom. The molecule has 2 rings (SSSR count). The van der Waals surface area contributed by atoms with E-state index in [1.54, 1.807) is 18.3 Å². The molecule has 2 aromatic rings. The Kier molecular flexibility index (Phi) is 4.91. The first kappa shape index (κ1) is 16.1. The van der Waals surface area contributed by atoms with Crippen LogP contribution in [0.5, 0.6) is 0 Å². The predicted molar refractivity (Wildman–Crippen MR) is 85.0 cm³/mol. The topological polar surface area (TPSA) is 42.0 Å². The van der Waals surface area contributed by atoms with E-state index in [-0.39, 0.29) is 17.3 Å². The molecule has 1 amide bonds. The predicted octanol–water partition coefficient (Wildman–Crippen LogP) is 3.46. The van der Waals surface area contributed by atoms with Crippen molar-refractivity contribution in [2.24, 2.45) is 0 Å². The molecular formula is C18H21FN2O. The second-order valence-corrected chi connectivity index (χ2v) is 6.37. The van der Waals surface area contributed by atoms with Crippen molar-refractivity contribution < 1.29 is 9.18 Å². The summed E-state index contributed by atoms with van der Waals surface area (Å²) in [5.41, 5.74) is 1.30. The Bertz CT molecular complexity index is 618. The summed E-state index contributed by atoms with van der Waals surface area (Å²) in [7, 11) is 0. The molecule has 3 nitrogen and oxygen atoms in total. The van der Waals surface area contributed by atoms with Crippen LogP contribution >= 0.6 is 0 Å². The number of nitrogens with one attached hydrogen (secondary N) is 1. The lowest BCUT2D eigenvalue weighted by atomic mass is 9.92. The number of rotatable bonds is 4. The highest BCUT2D eigenvalue weighted by atomic mass is 19.1. The molecule has 0 aliphatic carbocycles. The molecule has 0 saturated carbocycles. The maximum Gasteiger partial charge on any atom is 0.228 e. The van der Waals surface area contributed by atoms with E-state index in [2.05, 4.69) is 10.3 Å². The third-order valence-corrected chi connectivity index (χ3v) is 3.23. The Morgan fingerprint density at radius 3 is 2.41 bits per heavy atom. The number of hydrogen-bond donors (Lipinski definition) is 1. The minimum absolute atomic E-state index is 0.0789. The van der Waals surface area contributed by atoms with Crippen molar-refractivity contribution in [1.29, 1.82) is 0 Å². The van der Waals surface area contributed by atoms with Gasteiger partial charge in [0.2, 0.25) is 5.91 Å². The number of halogens is 1. The number of hydrogen-bond acceptors (Lipinski definition) is 2. The normalized spacial score (nSPS) is 12.7. The van der Waals surface area contributed by atoms with Crippen LogP contribution in [0.2, 0.25) is 0 Å². The van der Waals surface area contributed by atoms with E-state index in [9.17, 15) is 9.18 Å². The van der Waals surface area contributed by atoms with Crippen molar-refractivity contribution in [3.8, 4) is 0 Å². The lowest BCUT2D eigenvalue weighted by Gasteiger charge is -2.25. The third-order valence-electron chi connectivity index (χ3n) is 3.23. The van der Waals surface area contributed by atoms with Crippen LogP contribution in [0.25, 0.3) is 0 Å². The fourth-order valence-electron chi connectivity index (χ4n) is 2.24. The van der Waals surface area contributed by atoms with Gasteiger partial charge in [0, 0.05) is 23.9 Å². The van der Waals surface area contributed by atoms with Gasteiger partial charge in [-0.1, -0.05) is 18.2 Å². The monoisotopic (exact) mass is 300 g/mol. The van der Waals surface area contributed by atoms with Gasteiger partial charge >= 0.3 is 0 Å². The Morgan fingerprint density at radius 1 is 1.18 bits per heavy atom. The molecule has 116 valence electrons. The zero-order valence-electron chi connectivity index (χ0n) is 13.1. The van der Waals surface area contributed by atoms with Gasteiger partial charge in [0.15, 0.2) is 0 Å². The number of amides is 1. The molecule has 1 atom stereocenters. The minimum Gasteiger partial charge on any atom is -0.351 e. The van der Waals surface area contributed by atoms with E-state index in [4.69, 9.17) is 0 Å². The molecule has 1 heterocycles. The van der Waals surface area contributed by atoms with Crippen LogP contribution in [0.15, 0.2) is 48.7 Å². The molecule has 1 aromatic carbocycles. The summed E-state index contributed by atoms with van der Waals surface area (Å²) in [5, 5.41) is 2.99. The smallest absolute Gasteiger partial charge is 0.228 e. The van der Waals surface area contributed by atoms with E-state index in [0.717, 1.165) is 11.3 Å². The van der Waals surface area contributed by atoms with Gasteiger partial charge in [-0.3, -0.25) is 9.78 Å².